The topological polar surface area (TPSA) is 43.9 Å². The highest BCUT2D eigenvalue weighted by molar-refractivity contribution is 5.96. The lowest BCUT2D eigenvalue weighted by Crippen LogP contribution is -2.56. The minimum absolute atomic E-state index is 0.157. The van der Waals surface area contributed by atoms with Crippen molar-refractivity contribution in [2.45, 2.75) is 57.8 Å². The van der Waals surface area contributed by atoms with Crippen molar-refractivity contribution in [3.05, 3.63) is 143 Å². The lowest BCUT2D eigenvalue weighted by molar-refractivity contribution is -0.144. The van der Waals surface area contributed by atoms with Crippen LogP contribution in [0.4, 0.5) is 23.2 Å². The molecule has 9 heteroatoms. The Morgan fingerprint density at radius 3 is 2.06 bits per heavy atom. The fraction of sp³-hybridized carbons (Fsp3) is 0.317. The van der Waals surface area contributed by atoms with Gasteiger partial charge in [0.15, 0.2) is 0 Å². The van der Waals surface area contributed by atoms with E-state index in [2.05, 4.69) is 19.1 Å². The maximum absolute atomic E-state index is 14.5. The van der Waals surface area contributed by atoms with E-state index in [1.807, 2.05) is 47.4 Å². The van der Waals surface area contributed by atoms with E-state index in [1.54, 1.807) is 28.0 Å². The normalized spacial score (nSPS) is 14.2. The Balaban J connectivity index is 1.43. The van der Waals surface area contributed by atoms with E-state index in [0.717, 1.165) is 48.9 Å². The van der Waals surface area contributed by atoms with Crippen LogP contribution in [0, 0.1) is 5.82 Å². The molecule has 50 heavy (non-hydrogen) atoms. The first-order chi connectivity index (χ1) is 24.1. The molecule has 0 aliphatic carbocycles. The molecule has 262 valence electrons. The SMILES string of the molecule is CCCCCc1ccc(CN(C(=O)/C=C/c2ccc(C(F)(F)F)cc2)[C@@H](Cc2ccccc2)C(=O)N2CCN(c3ccccc3F)CC2)cc1. The number of para-hydroxylation sites is 1. The number of aryl methyl sites for hydroxylation is 1. The zero-order valence-corrected chi connectivity index (χ0v) is 28.3. The van der Waals surface area contributed by atoms with Crippen molar-refractivity contribution >= 4 is 23.6 Å². The summed E-state index contributed by atoms with van der Waals surface area (Å²) in [4.78, 5) is 33.8. The van der Waals surface area contributed by atoms with Gasteiger partial charge in [-0.25, -0.2) is 4.39 Å². The number of amides is 2. The number of carbonyl (C=O) groups excluding carboxylic acids is 2. The Kier molecular flexibility index (Phi) is 12.5. The summed E-state index contributed by atoms with van der Waals surface area (Å²) < 4.78 is 54.0. The molecule has 0 bridgehead atoms. The Labute approximate surface area is 291 Å². The van der Waals surface area contributed by atoms with Gasteiger partial charge in [0, 0.05) is 45.2 Å². The molecule has 1 aliphatic rings. The highest BCUT2D eigenvalue weighted by atomic mass is 19.4. The van der Waals surface area contributed by atoms with Gasteiger partial charge in [-0.05, 0) is 65.4 Å². The number of hydrogen-bond acceptors (Lipinski definition) is 3. The zero-order chi connectivity index (χ0) is 35.5. The van der Waals surface area contributed by atoms with E-state index < -0.39 is 23.7 Å². The van der Waals surface area contributed by atoms with Crippen LogP contribution >= 0.6 is 0 Å². The van der Waals surface area contributed by atoms with Gasteiger partial charge in [0.1, 0.15) is 11.9 Å². The predicted octanol–water partition coefficient (Wildman–Crippen LogP) is 8.58. The average molecular weight is 686 g/mol. The summed E-state index contributed by atoms with van der Waals surface area (Å²) in [6.45, 7) is 3.90. The number of halogens is 4. The predicted molar refractivity (Wildman–Crippen MR) is 190 cm³/mol. The van der Waals surface area contributed by atoms with Gasteiger partial charge in [-0.15, -0.1) is 0 Å². The molecule has 4 aromatic rings. The van der Waals surface area contributed by atoms with Crippen molar-refractivity contribution in [2.75, 3.05) is 31.1 Å². The van der Waals surface area contributed by atoms with Crippen molar-refractivity contribution in [3.8, 4) is 0 Å². The van der Waals surface area contributed by atoms with Crippen LogP contribution < -0.4 is 4.90 Å². The van der Waals surface area contributed by atoms with Crippen molar-refractivity contribution in [2.24, 2.45) is 0 Å². The quantitative estimate of drug-likeness (QED) is 0.0805. The number of piperazine rings is 1. The minimum Gasteiger partial charge on any atom is -0.366 e. The summed E-state index contributed by atoms with van der Waals surface area (Å²) in [5.74, 6) is -0.965. The van der Waals surface area contributed by atoms with E-state index in [4.69, 9.17) is 0 Å². The monoisotopic (exact) mass is 685 g/mol. The van der Waals surface area contributed by atoms with Crippen LogP contribution in [0.25, 0.3) is 6.08 Å². The number of hydrogen-bond donors (Lipinski definition) is 0. The molecule has 5 rings (SSSR count). The van der Waals surface area contributed by atoms with Gasteiger partial charge in [0.2, 0.25) is 11.8 Å². The van der Waals surface area contributed by atoms with E-state index in [9.17, 15) is 27.2 Å². The van der Waals surface area contributed by atoms with Crippen LogP contribution in [0.1, 0.15) is 54.0 Å². The van der Waals surface area contributed by atoms with E-state index in [0.29, 0.717) is 37.4 Å². The molecule has 4 aromatic carbocycles. The Hall–Kier alpha value is -4.92. The van der Waals surface area contributed by atoms with Crippen molar-refractivity contribution in [1.29, 1.82) is 0 Å². The molecular formula is C41H43F4N3O2. The van der Waals surface area contributed by atoms with E-state index in [1.165, 1.54) is 35.9 Å². The van der Waals surface area contributed by atoms with Crippen molar-refractivity contribution < 1.29 is 27.2 Å². The van der Waals surface area contributed by atoms with E-state index >= 15 is 0 Å². The van der Waals surface area contributed by atoms with Crippen molar-refractivity contribution in [1.82, 2.24) is 9.80 Å². The number of rotatable bonds is 13. The summed E-state index contributed by atoms with van der Waals surface area (Å²) in [7, 11) is 0. The highest BCUT2D eigenvalue weighted by Crippen LogP contribution is 2.29. The molecule has 1 heterocycles. The van der Waals surface area contributed by atoms with Crippen LogP contribution in [-0.2, 0) is 35.2 Å². The summed E-state index contributed by atoms with van der Waals surface area (Å²) >= 11 is 0. The third-order valence-electron chi connectivity index (χ3n) is 9.10. The number of nitrogens with zero attached hydrogens (tertiary/aromatic N) is 3. The van der Waals surface area contributed by atoms with Gasteiger partial charge in [-0.3, -0.25) is 9.59 Å². The average Bonchev–Trinajstić information content (AvgIpc) is 3.13. The largest absolute Gasteiger partial charge is 0.416 e. The maximum Gasteiger partial charge on any atom is 0.416 e. The first kappa shape index (κ1) is 36.4. The van der Waals surface area contributed by atoms with Crippen LogP contribution in [0.15, 0.2) is 109 Å². The number of unbranched alkanes of at least 4 members (excludes halogenated alkanes) is 2. The molecular weight excluding hydrogens is 642 g/mol. The molecule has 1 fully saturated rings. The molecule has 0 aromatic heterocycles. The maximum atomic E-state index is 14.5. The first-order valence-corrected chi connectivity index (χ1v) is 17.2. The fourth-order valence-electron chi connectivity index (χ4n) is 6.23. The second-order valence-corrected chi connectivity index (χ2v) is 12.7. The third kappa shape index (κ3) is 9.83. The number of anilines is 1. The van der Waals surface area contributed by atoms with Gasteiger partial charge >= 0.3 is 6.18 Å². The molecule has 0 unspecified atom stereocenters. The minimum atomic E-state index is -4.47. The second-order valence-electron chi connectivity index (χ2n) is 12.7. The smallest absolute Gasteiger partial charge is 0.366 e. The lowest BCUT2D eigenvalue weighted by atomic mass is 10.0. The summed E-state index contributed by atoms with van der Waals surface area (Å²) in [6.07, 6.45) is 2.92. The summed E-state index contributed by atoms with van der Waals surface area (Å²) in [5, 5.41) is 0. The number of carbonyl (C=O) groups is 2. The van der Waals surface area contributed by atoms with Crippen LogP contribution in [-0.4, -0.2) is 53.8 Å². The summed E-state index contributed by atoms with van der Waals surface area (Å²) in [5.41, 5.74) is 3.08. The first-order valence-electron chi connectivity index (χ1n) is 17.2. The van der Waals surface area contributed by atoms with Crippen LogP contribution in [0.5, 0.6) is 0 Å². The van der Waals surface area contributed by atoms with Crippen LogP contribution in [0.3, 0.4) is 0 Å². The summed E-state index contributed by atoms with van der Waals surface area (Å²) in [6, 6.07) is 27.9. The molecule has 1 aliphatic heterocycles. The molecule has 1 atom stereocenters. The van der Waals surface area contributed by atoms with Gasteiger partial charge in [-0.2, -0.15) is 13.2 Å². The molecule has 0 saturated carbocycles. The molecule has 0 radical (unpaired) electrons. The lowest BCUT2D eigenvalue weighted by Gasteiger charge is -2.40. The van der Waals surface area contributed by atoms with Gasteiger partial charge in [0.25, 0.3) is 0 Å². The molecule has 2 amide bonds. The standard InChI is InChI=1S/C41H43F4N3O2/c1-2-3-5-10-31-15-17-34(18-16-31)30-48(39(49)24-21-32-19-22-35(23-20-32)41(43,44)45)38(29-33-11-6-4-7-12-33)40(50)47-27-25-46(26-28-47)37-14-9-8-13-36(37)42/h4,6-9,11-24,38H,2-3,5,10,25-30H2,1H3/b24-21+/t38-/m0/s1. The fourth-order valence-corrected chi connectivity index (χ4v) is 6.23. The van der Waals surface area contributed by atoms with Crippen molar-refractivity contribution in [3.63, 3.8) is 0 Å². The molecule has 1 saturated heterocycles. The third-order valence-corrected chi connectivity index (χ3v) is 9.10. The van der Waals surface area contributed by atoms with Gasteiger partial charge in [0.05, 0.1) is 11.3 Å². The highest BCUT2D eigenvalue weighted by Gasteiger charge is 2.34. The van der Waals surface area contributed by atoms with Gasteiger partial charge < -0.3 is 14.7 Å². The molecule has 0 N–H and O–H groups in total. The second kappa shape index (κ2) is 17.1. The Morgan fingerprint density at radius 1 is 0.780 bits per heavy atom. The number of alkyl halides is 3. The van der Waals surface area contributed by atoms with Crippen LogP contribution in [0.2, 0.25) is 0 Å². The van der Waals surface area contributed by atoms with E-state index in [-0.39, 0.29) is 24.7 Å². The molecule has 0 spiro atoms. The molecule has 5 nitrogen and oxygen atoms in total. The zero-order valence-electron chi connectivity index (χ0n) is 28.3. The van der Waals surface area contributed by atoms with Gasteiger partial charge in [-0.1, -0.05) is 98.6 Å². The Morgan fingerprint density at radius 2 is 1.42 bits per heavy atom. The Bertz CT molecular complexity index is 1720. The number of benzene rings is 4.